The van der Waals surface area contributed by atoms with Gasteiger partial charge in [0.05, 0.1) is 0 Å². The Morgan fingerprint density at radius 2 is 1.89 bits per heavy atom. The first-order valence-electron chi connectivity index (χ1n) is 5.70. The van der Waals surface area contributed by atoms with Crippen molar-refractivity contribution in [3.8, 4) is 0 Å². The molecule has 2 rings (SSSR count). The zero-order valence-corrected chi connectivity index (χ0v) is 13.4. The van der Waals surface area contributed by atoms with Crippen LogP contribution in [0.3, 0.4) is 0 Å². The van der Waals surface area contributed by atoms with Crippen molar-refractivity contribution in [2.24, 2.45) is 0 Å². The summed E-state index contributed by atoms with van der Waals surface area (Å²) in [6.45, 7) is 1.93. The summed E-state index contributed by atoms with van der Waals surface area (Å²) < 4.78 is 14.9. The molecule has 0 aliphatic rings. The van der Waals surface area contributed by atoms with E-state index in [9.17, 15) is 9.18 Å². The Labute approximate surface area is 128 Å². The number of halogens is 3. The highest BCUT2D eigenvalue weighted by Crippen LogP contribution is 2.20. The van der Waals surface area contributed by atoms with E-state index in [1.807, 2.05) is 19.1 Å². The lowest BCUT2D eigenvalue weighted by Gasteiger charge is -2.05. The average molecular weight is 386 g/mol. The van der Waals surface area contributed by atoms with Gasteiger partial charge in [0.25, 0.3) is 0 Å². The molecule has 19 heavy (non-hydrogen) atoms. The van der Waals surface area contributed by atoms with Crippen molar-refractivity contribution in [1.82, 2.24) is 0 Å². The molecule has 0 fully saturated rings. The maximum atomic E-state index is 13.3. The number of carbonyl (C=O) groups is 1. The van der Waals surface area contributed by atoms with Gasteiger partial charge in [-0.2, -0.15) is 0 Å². The van der Waals surface area contributed by atoms with Gasteiger partial charge in [-0.3, -0.25) is 4.79 Å². The predicted molar refractivity (Wildman–Crippen MR) is 81.0 cm³/mol. The first-order valence-corrected chi connectivity index (χ1v) is 7.28. The second kappa shape index (κ2) is 5.97. The van der Waals surface area contributed by atoms with Gasteiger partial charge in [0.1, 0.15) is 5.82 Å². The highest BCUT2D eigenvalue weighted by atomic mass is 79.9. The molecule has 0 spiro atoms. The van der Waals surface area contributed by atoms with Gasteiger partial charge in [0.15, 0.2) is 5.78 Å². The van der Waals surface area contributed by atoms with Crippen LogP contribution in [0.25, 0.3) is 0 Å². The monoisotopic (exact) mass is 384 g/mol. The summed E-state index contributed by atoms with van der Waals surface area (Å²) in [5.74, 6) is -0.364. The van der Waals surface area contributed by atoms with Crippen molar-refractivity contribution in [2.75, 3.05) is 0 Å². The van der Waals surface area contributed by atoms with E-state index >= 15 is 0 Å². The van der Waals surface area contributed by atoms with Crippen LogP contribution in [0.4, 0.5) is 4.39 Å². The van der Waals surface area contributed by atoms with E-state index in [0.717, 1.165) is 10.0 Å². The molecule has 0 unspecified atom stereocenters. The first-order chi connectivity index (χ1) is 8.95. The number of rotatable bonds is 3. The molecule has 0 amide bonds. The van der Waals surface area contributed by atoms with E-state index in [-0.39, 0.29) is 18.0 Å². The second-order valence-corrected chi connectivity index (χ2v) is 6.11. The molecule has 0 aromatic heterocycles. The Hall–Kier alpha value is -1.000. The van der Waals surface area contributed by atoms with E-state index in [1.165, 1.54) is 12.1 Å². The lowest BCUT2D eigenvalue weighted by molar-refractivity contribution is 0.0993. The molecule has 2 aromatic rings. The fourth-order valence-corrected chi connectivity index (χ4v) is 2.58. The molecule has 0 N–H and O–H groups in total. The minimum atomic E-state index is -0.343. The zero-order valence-electron chi connectivity index (χ0n) is 10.2. The third-order valence-electron chi connectivity index (χ3n) is 2.77. The highest BCUT2D eigenvalue weighted by Gasteiger charge is 2.09. The van der Waals surface area contributed by atoms with Gasteiger partial charge in [-0.15, -0.1) is 0 Å². The first kappa shape index (κ1) is 14.4. The molecular formula is C15H11Br2FO. The molecule has 0 aliphatic carbocycles. The Kier molecular flexibility index (Phi) is 4.53. The quantitative estimate of drug-likeness (QED) is 0.673. The van der Waals surface area contributed by atoms with Crippen LogP contribution in [0, 0.1) is 12.7 Å². The molecule has 1 nitrogen and oxygen atoms in total. The van der Waals surface area contributed by atoms with Crippen LogP contribution in [0.2, 0.25) is 0 Å². The molecular weight excluding hydrogens is 375 g/mol. The minimum Gasteiger partial charge on any atom is -0.294 e. The molecule has 0 saturated heterocycles. The van der Waals surface area contributed by atoms with E-state index in [1.54, 1.807) is 12.1 Å². The zero-order chi connectivity index (χ0) is 14.0. The molecule has 0 bridgehead atoms. The lowest BCUT2D eigenvalue weighted by Crippen LogP contribution is -2.04. The van der Waals surface area contributed by atoms with Crippen LogP contribution in [0.5, 0.6) is 0 Å². The highest BCUT2D eigenvalue weighted by molar-refractivity contribution is 9.10. The summed E-state index contributed by atoms with van der Waals surface area (Å²) >= 11 is 6.62. The van der Waals surface area contributed by atoms with E-state index < -0.39 is 0 Å². The molecule has 0 atom stereocenters. The van der Waals surface area contributed by atoms with Crippen molar-refractivity contribution >= 4 is 37.6 Å². The van der Waals surface area contributed by atoms with Crippen LogP contribution in [0.15, 0.2) is 45.3 Å². The standard InChI is InChI=1S/C15H11Br2FO/c1-9-4-11(2-3-14(9)17)15(19)7-10-5-12(16)8-13(18)6-10/h2-6,8H,7H2,1H3. The van der Waals surface area contributed by atoms with Crippen LogP contribution in [-0.2, 0) is 6.42 Å². The van der Waals surface area contributed by atoms with Crippen LogP contribution < -0.4 is 0 Å². The molecule has 98 valence electrons. The summed E-state index contributed by atoms with van der Waals surface area (Å²) in [6.07, 6.45) is 0.192. The van der Waals surface area contributed by atoms with Crippen LogP contribution >= 0.6 is 31.9 Å². The van der Waals surface area contributed by atoms with Gasteiger partial charge in [-0.25, -0.2) is 4.39 Å². The van der Waals surface area contributed by atoms with E-state index in [0.29, 0.717) is 15.6 Å². The third-order valence-corrected chi connectivity index (χ3v) is 4.11. The summed E-state index contributed by atoms with van der Waals surface area (Å²) in [5.41, 5.74) is 2.31. The van der Waals surface area contributed by atoms with Gasteiger partial charge in [-0.1, -0.05) is 37.9 Å². The number of hydrogen-bond donors (Lipinski definition) is 0. The molecule has 0 radical (unpaired) electrons. The number of benzene rings is 2. The van der Waals surface area contributed by atoms with Gasteiger partial charge in [0, 0.05) is 20.9 Å². The second-order valence-electron chi connectivity index (χ2n) is 4.34. The van der Waals surface area contributed by atoms with Gasteiger partial charge >= 0.3 is 0 Å². The predicted octanol–water partition coefficient (Wildman–Crippen LogP) is 5.08. The van der Waals surface area contributed by atoms with Crippen molar-refractivity contribution in [3.63, 3.8) is 0 Å². The molecule has 2 aromatic carbocycles. The lowest BCUT2D eigenvalue weighted by atomic mass is 10.0. The van der Waals surface area contributed by atoms with Crippen LogP contribution in [-0.4, -0.2) is 5.78 Å². The number of aryl methyl sites for hydroxylation is 1. The number of carbonyl (C=O) groups excluding carboxylic acids is 1. The topological polar surface area (TPSA) is 17.1 Å². The van der Waals surface area contributed by atoms with E-state index in [4.69, 9.17) is 0 Å². The van der Waals surface area contributed by atoms with Gasteiger partial charge < -0.3 is 0 Å². The fourth-order valence-electron chi connectivity index (χ4n) is 1.82. The third kappa shape index (κ3) is 3.74. The van der Waals surface area contributed by atoms with Crippen molar-refractivity contribution in [2.45, 2.75) is 13.3 Å². The largest absolute Gasteiger partial charge is 0.294 e. The molecule has 0 heterocycles. The molecule has 4 heteroatoms. The number of Topliss-reactive ketones (excluding diaryl/α,β-unsaturated/α-hetero) is 1. The summed E-state index contributed by atoms with van der Waals surface area (Å²) in [4.78, 5) is 12.1. The van der Waals surface area contributed by atoms with Crippen molar-refractivity contribution in [3.05, 3.63) is 67.9 Å². The van der Waals surface area contributed by atoms with E-state index in [2.05, 4.69) is 31.9 Å². The summed E-state index contributed by atoms with van der Waals surface area (Å²) in [7, 11) is 0. The maximum absolute atomic E-state index is 13.3. The Morgan fingerprint density at radius 1 is 1.16 bits per heavy atom. The fraction of sp³-hybridized carbons (Fsp3) is 0.133. The maximum Gasteiger partial charge on any atom is 0.167 e. The Balaban J connectivity index is 2.22. The molecule has 0 aliphatic heterocycles. The number of hydrogen-bond acceptors (Lipinski definition) is 1. The van der Waals surface area contributed by atoms with Crippen LogP contribution in [0.1, 0.15) is 21.5 Å². The average Bonchev–Trinajstić information content (AvgIpc) is 2.31. The SMILES string of the molecule is Cc1cc(C(=O)Cc2cc(F)cc(Br)c2)ccc1Br. The minimum absolute atomic E-state index is 0.0203. The number of ketones is 1. The van der Waals surface area contributed by atoms with Crippen molar-refractivity contribution in [1.29, 1.82) is 0 Å². The van der Waals surface area contributed by atoms with Gasteiger partial charge in [-0.05, 0) is 48.4 Å². The normalized spacial score (nSPS) is 10.5. The summed E-state index contributed by atoms with van der Waals surface area (Å²) in [5, 5.41) is 0. The van der Waals surface area contributed by atoms with Crippen molar-refractivity contribution < 1.29 is 9.18 Å². The van der Waals surface area contributed by atoms with Gasteiger partial charge in [0.2, 0.25) is 0 Å². The smallest absolute Gasteiger partial charge is 0.167 e. The Bertz CT molecular complexity index is 618. The Morgan fingerprint density at radius 3 is 2.53 bits per heavy atom. The molecule has 0 saturated carbocycles. The summed E-state index contributed by atoms with van der Waals surface area (Å²) in [6, 6.07) is 9.97.